The molecule has 3 nitrogen and oxygen atoms in total. The van der Waals surface area contributed by atoms with Crippen LogP contribution in [-0.2, 0) is 11.2 Å². The normalized spacial score (nSPS) is 11.5. The largest absolute Gasteiger partial charge is 1.00 e. The number of carboxylic acids is 1. The van der Waals surface area contributed by atoms with Gasteiger partial charge in [0, 0.05) is 6.04 Å². The van der Waals surface area contributed by atoms with E-state index >= 15 is 0 Å². The van der Waals surface area contributed by atoms with Gasteiger partial charge in [0.1, 0.15) is 0 Å². The second kappa shape index (κ2) is 6.70. The van der Waals surface area contributed by atoms with Gasteiger partial charge in [0.15, 0.2) is 0 Å². The van der Waals surface area contributed by atoms with E-state index in [4.69, 9.17) is 5.73 Å². The third-order valence-electron chi connectivity index (χ3n) is 1.60. The average molecular weight is 203 g/mol. The van der Waals surface area contributed by atoms with Gasteiger partial charge in [-0.2, -0.15) is 0 Å². The third kappa shape index (κ3) is 4.90. The van der Waals surface area contributed by atoms with Crippen LogP contribution in [0, 0.1) is 0 Å². The van der Waals surface area contributed by atoms with E-state index in [1.54, 1.807) is 0 Å². The predicted molar refractivity (Wildman–Crippen MR) is 43.1 cm³/mol. The molecule has 4 heteroatoms. The van der Waals surface area contributed by atoms with Gasteiger partial charge in [-0.1, -0.05) is 30.3 Å². The van der Waals surface area contributed by atoms with Crippen molar-refractivity contribution in [3.63, 3.8) is 0 Å². The van der Waals surface area contributed by atoms with Crippen LogP contribution in [0.15, 0.2) is 30.3 Å². The summed E-state index contributed by atoms with van der Waals surface area (Å²) in [6.45, 7) is 0. The zero-order valence-electron chi connectivity index (χ0n) is 7.57. The van der Waals surface area contributed by atoms with Crippen molar-refractivity contribution in [3.8, 4) is 0 Å². The van der Waals surface area contributed by atoms with Gasteiger partial charge in [-0.25, -0.2) is 0 Å². The fraction of sp³-hybridized carbons (Fsp3) is 0.222. The zero-order chi connectivity index (χ0) is 8.97. The Morgan fingerprint density at radius 1 is 1.38 bits per heavy atom. The molecule has 2 N–H and O–H groups in total. The topological polar surface area (TPSA) is 66.2 Å². The Morgan fingerprint density at radius 2 is 1.92 bits per heavy atom. The summed E-state index contributed by atoms with van der Waals surface area (Å²) in [5, 5.41) is 10.3. The van der Waals surface area contributed by atoms with Gasteiger partial charge in [0.2, 0.25) is 0 Å². The summed E-state index contributed by atoms with van der Waals surface area (Å²) in [5.41, 5.74) is 6.20. The Labute approximate surface area is 120 Å². The Bertz CT molecular complexity index is 264. The van der Waals surface area contributed by atoms with E-state index in [-0.39, 0.29) is 51.4 Å². The molecule has 1 aromatic rings. The standard InChI is InChI=1S/C9H11NO2.K/c10-8(9(11)12)6-7-4-2-1-3-5-7;/h1-5,8H,6,10H2,(H,11,12);/q;+1/p-1/t8-;/m0./s1. The second-order valence-corrected chi connectivity index (χ2v) is 2.62. The van der Waals surface area contributed by atoms with Gasteiger partial charge in [-0.3, -0.25) is 0 Å². The number of carbonyl (C=O) groups excluding carboxylic acids is 1. The molecule has 0 bridgehead atoms. The maximum absolute atomic E-state index is 10.3. The van der Waals surface area contributed by atoms with Crippen LogP contribution in [0.25, 0.3) is 0 Å². The number of carboxylic acid groups (broad SMARTS) is 1. The van der Waals surface area contributed by atoms with Crippen LogP contribution in [-0.4, -0.2) is 12.0 Å². The second-order valence-electron chi connectivity index (χ2n) is 2.62. The van der Waals surface area contributed by atoms with Crippen LogP contribution in [0.3, 0.4) is 0 Å². The van der Waals surface area contributed by atoms with Crippen molar-refractivity contribution in [3.05, 3.63) is 35.9 Å². The summed E-state index contributed by atoms with van der Waals surface area (Å²) >= 11 is 0. The number of hydrogen-bond acceptors (Lipinski definition) is 3. The van der Waals surface area contributed by atoms with E-state index < -0.39 is 12.0 Å². The summed E-state index contributed by atoms with van der Waals surface area (Å²) in [7, 11) is 0. The Kier molecular flexibility index (Phi) is 6.85. The molecule has 0 aliphatic heterocycles. The number of carbonyl (C=O) groups is 1. The van der Waals surface area contributed by atoms with Crippen molar-refractivity contribution in [1.82, 2.24) is 0 Å². The molecule has 13 heavy (non-hydrogen) atoms. The van der Waals surface area contributed by atoms with Crippen LogP contribution in [0.2, 0.25) is 0 Å². The summed E-state index contributed by atoms with van der Waals surface area (Å²) in [6.07, 6.45) is 0.323. The summed E-state index contributed by atoms with van der Waals surface area (Å²) in [5.74, 6) is -1.21. The maximum atomic E-state index is 10.3. The zero-order valence-corrected chi connectivity index (χ0v) is 10.7. The molecule has 1 rings (SSSR count). The van der Waals surface area contributed by atoms with Crippen LogP contribution in [0.1, 0.15) is 5.56 Å². The van der Waals surface area contributed by atoms with Gasteiger partial charge in [-0.15, -0.1) is 0 Å². The molecule has 0 saturated heterocycles. The predicted octanol–water partition coefficient (Wildman–Crippen LogP) is -3.69. The minimum atomic E-state index is -1.21. The van der Waals surface area contributed by atoms with Crippen molar-refractivity contribution in [1.29, 1.82) is 0 Å². The third-order valence-corrected chi connectivity index (χ3v) is 1.60. The Morgan fingerprint density at radius 3 is 2.38 bits per heavy atom. The van der Waals surface area contributed by atoms with Crippen molar-refractivity contribution >= 4 is 5.97 Å². The van der Waals surface area contributed by atoms with Gasteiger partial charge in [0.25, 0.3) is 0 Å². The molecule has 0 aliphatic carbocycles. The molecular formula is C9H10KNO2. The van der Waals surface area contributed by atoms with Gasteiger partial charge in [-0.05, 0) is 12.0 Å². The molecule has 0 aromatic heterocycles. The van der Waals surface area contributed by atoms with Gasteiger partial charge >= 0.3 is 51.4 Å². The number of aliphatic carboxylic acids is 1. The van der Waals surface area contributed by atoms with Gasteiger partial charge in [0.05, 0.1) is 5.97 Å². The average Bonchev–Trinajstić information content (AvgIpc) is 2.06. The van der Waals surface area contributed by atoms with Crippen LogP contribution in [0.4, 0.5) is 0 Å². The minimum Gasteiger partial charge on any atom is -0.548 e. The van der Waals surface area contributed by atoms with Crippen molar-refractivity contribution in [2.24, 2.45) is 5.73 Å². The van der Waals surface area contributed by atoms with E-state index in [9.17, 15) is 9.90 Å². The van der Waals surface area contributed by atoms with Crippen LogP contribution < -0.4 is 62.2 Å². The van der Waals surface area contributed by atoms with E-state index in [0.717, 1.165) is 5.56 Å². The minimum absolute atomic E-state index is 0. The molecule has 1 atom stereocenters. The number of benzene rings is 1. The van der Waals surface area contributed by atoms with Crippen LogP contribution in [0.5, 0.6) is 0 Å². The SMILES string of the molecule is N[C@@H](Cc1ccccc1)C(=O)[O-].[K+]. The first kappa shape index (κ1) is 13.3. The molecule has 0 spiro atoms. The van der Waals surface area contributed by atoms with Crippen LogP contribution >= 0.6 is 0 Å². The van der Waals surface area contributed by atoms with Crippen molar-refractivity contribution < 1.29 is 61.3 Å². The van der Waals surface area contributed by atoms with Gasteiger partial charge < -0.3 is 15.6 Å². The monoisotopic (exact) mass is 203 g/mol. The van der Waals surface area contributed by atoms with E-state index in [1.807, 2.05) is 30.3 Å². The molecule has 0 unspecified atom stereocenters. The van der Waals surface area contributed by atoms with E-state index in [0.29, 0.717) is 6.42 Å². The maximum Gasteiger partial charge on any atom is 1.00 e. The molecule has 0 aliphatic rings. The summed E-state index contributed by atoms with van der Waals surface area (Å²) in [6, 6.07) is 8.32. The quantitative estimate of drug-likeness (QED) is 0.514. The molecule has 0 radical (unpaired) electrons. The fourth-order valence-electron chi connectivity index (χ4n) is 0.951. The first-order valence-electron chi connectivity index (χ1n) is 3.70. The van der Waals surface area contributed by atoms with Crippen molar-refractivity contribution in [2.45, 2.75) is 12.5 Å². The molecule has 0 saturated carbocycles. The summed E-state index contributed by atoms with van der Waals surface area (Å²) < 4.78 is 0. The Hall–Kier alpha value is 0.286. The number of rotatable bonds is 3. The Balaban J connectivity index is 0.00000144. The van der Waals surface area contributed by atoms with Crippen molar-refractivity contribution in [2.75, 3.05) is 0 Å². The molecule has 1 aromatic carbocycles. The molecular weight excluding hydrogens is 193 g/mol. The van der Waals surface area contributed by atoms with E-state index in [1.165, 1.54) is 0 Å². The number of nitrogens with two attached hydrogens (primary N) is 1. The van der Waals surface area contributed by atoms with E-state index in [2.05, 4.69) is 0 Å². The smallest absolute Gasteiger partial charge is 0.548 e. The molecule has 0 fully saturated rings. The molecule has 0 amide bonds. The number of hydrogen-bond donors (Lipinski definition) is 1. The fourth-order valence-corrected chi connectivity index (χ4v) is 0.951. The molecule has 64 valence electrons. The first-order chi connectivity index (χ1) is 5.70. The molecule has 0 heterocycles. The first-order valence-corrected chi connectivity index (χ1v) is 3.70. The summed E-state index contributed by atoms with van der Waals surface area (Å²) in [4.78, 5) is 10.3.